The molecule has 21 heavy (non-hydrogen) atoms. The highest BCUT2D eigenvalue weighted by Crippen LogP contribution is 2.60. The predicted octanol–water partition coefficient (Wildman–Crippen LogP) is 3.33. The summed E-state index contributed by atoms with van der Waals surface area (Å²) in [5, 5.41) is 4.36. The lowest BCUT2D eigenvalue weighted by Gasteiger charge is -2.55. The Labute approximate surface area is 130 Å². The van der Waals surface area contributed by atoms with Gasteiger partial charge in [-0.25, -0.2) is 4.98 Å². The average Bonchev–Trinajstić information content (AvgIpc) is 2.83. The van der Waals surface area contributed by atoms with E-state index >= 15 is 0 Å². The van der Waals surface area contributed by atoms with Crippen molar-refractivity contribution < 1.29 is 4.79 Å². The Balaban J connectivity index is 1.36. The molecule has 0 aromatic carbocycles. The molecule has 0 unspecified atom stereocenters. The van der Waals surface area contributed by atoms with Crippen LogP contribution in [0.3, 0.4) is 0 Å². The van der Waals surface area contributed by atoms with Crippen LogP contribution in [0.4, 0.5) is 0 Å². The normalized spacial score (nSPS) is 36.9. The Morgan fingerprint density at radius 3 is 2.43 bits per heavy atom. The Morgan fingerprint density at radius 2 is 1.90 bits per heavy atom. The van der Waals surface area contributed by atoms with Gasteiger partial charge in [0, 0.05) is 29.5 Å². The lowest BCUT2D eigenvalue weighted by Crippen LogP contribution is -2.53. The molecule has 0 atom stereocenters. The zero-order chi connectivity index (χ0) is 14.4. The average molecular weight is 304 g/mol. The lowest BCUT2D eigenvalue weighted by molar-refractivity contribution is -0.146. The maximum absolute atomic E-state index is 12.8. The van der Waals surface area contributed by atoms with Gasteiger partial charge in [0.05, 0.1) is 5.01 Å². The second kappa shape index (κ2) is 5.08. The topological polar surface area (TPSA) is 42.0 Å². The number of rotatable bonds is 4. The highest BCUT2D eigenvalue weighted by molar-refractivity contribution is 7.11. The number of carbonyl (C=O) groups is 1. The first-order valence-corrected chi connectivity index (χ1v) is 9.14. The number of hydrogen-bond donors (Lipinski definition) is 1. The third-order valence-corrected chi connectivity index (χ3v) is 6.79. The quantitative estimate of drug-likeness (QED) is 0.927. The summed E-state index contributed by atoms with van der Waals surface area (Å²) in [6.07, 6.45) is 10.4. The molecule has 4 fully saturated rings. The minimum atomic E-state index is -0.00640. The minimum absolute atomic E-state index is 0.00640. The minimum Gasteiger partial charge on any atom is -0.355 e. The summed E-state index contributed by atoms with van der Waals surface area (Å²) in [6.45, 7) is 2.82. The van der Waals surface area contributed by atoms with Crippen LogP contribution in [0.2, 0.25) is 0 Å². The molecule has 4 saturated carbocycles. The Hall–Kier alpha value is -0.900. The van der Waals surface area contributed by atoms with Gasteiger partial charge in [-0.1, -0.05) is 0 Å². The predicted molar refractivity (Wildman–Crippen MR) is 84.2 cm³/mol. The van der Waals surface area contributed by atoms with Crippen LogP contribution in [0.1, 0.15) is 48.4 Å². The molecule has 4 aliphatic rings. The summed E-state index contributed by atoms with van der Waals surface area (Å²) in [7, 11) is 0. The molecule has 1 N–H and O–H groups in total. The van der Waals surface area contributed by atoms with E-state index in [0.717, 1.165) is 55.0 Å². The van der Waals surface area contributed by atoms with Gasteiger partial charge in [0.15, 0.2) is 0 Å². The highest BCUT2D eigenvalue weighted by atomic mass is 32.1. The zero-order valence-electron chi connectivity index (χ0n) is 12.7. The number of nitrogens with one attached hydrogen (secondary N) is 1. The first kappa shape index (κ1) is 13.7. The molecule has 0 radical (unpaired) electrons. The van der Waals surface area contributed by atoms with E-state index in [-0.39, 0.29) is 5.41 Å². The lowest BCUT2D eigenvalue weighted by atomic mass is 9.49. The number of nitrogens with zero attached hydrogens (tertiary/aromatic N) is 1. The van der Waals surface area contributed by atoms with Gasteiger partial charge in [-0.15, -0.1) is 11.3 Å². The van der Waals surface area contributed by atoms with Gasteiger partial charge in [-0.3, -0.25) is 4.79 Å². The number of amides is 1. The van der Waals surface area contributed by atoms with Crippen LogP contribution < -0.4 is 5.32 Å². The van der Waals surface area contributed by atoms with Crippen LogP contribution in [0.25, 0.3) is 0 Å². The second-order valence-electron chi connectivity index (χ2n) is 7.57. The van der Waals surface area contributed by atoms with Crippen molar-refractivity contribution in [3.05, 3.63) is 16.1 Å². The van der Waals surface area contributed by atoms with E-state index in [2.05, 4.69) is 17.2 Å². The molecule has 0 saturated heterocycles. The third kappa shape index (κ3) is 2.52. The van der Waals surface area contributed by atoms with Gasteiger partial charge in [0.1, 0.15) is 0 Å². The van der Waals surface area contributed by atoms with E-state index in [0.29, 0.717) is 5.91 Å². The van der Waals surface area contributed by atoms with Gasteiger partial charge in [0.25, 0.3) is 0 Å². The molecule has 1 amide bonds. The zero-order valence-corrected chi connectivity index (χ0v) is 13.5. The van der Waals surface area contributed by atoms with E-state index in [4.69, 9.17) is 0 Å². The van der Waals surface area contributed by atoms with Crippen LogP contribution in [-0.4, -0.2) is 17.4 Å². The van der Waals surface area contributed by atoms with E-state index in [1.165, 1.54) is 24.1 Å². The second-order valence-corrected chi connectivity index (χ2v) is 8.89. The van der Waals surface area contributed by atoms with E-state index in [9.17, 15) is 4.79 Å². The number of aromatic nitrogens is 1. The largest absolute Gasteiger partial charge is 0.355 e. The highest BCUT2D eigenvalue weighted by Gasteiger charge is 2.54. The van der Waals surface area contributed by atoms with Crippen LogP contribution >= 0.6 is 11.3 Å². The fraction of sp³-hybridized carbons (Fsp3) is 0.765. The van der Waals surface area contributed by atoms with Crippen LogP contribution in [0.5, 0.6) is 0 Å². The van der Waals surface area contributed by atoms with Gasteiger partial charge < -0.3 is 5.32 Å². The molecule has 0 spiro atoms. The standard InChI is InChI=1S/C17H24N2OS/c1-11-10-19-15(21-11)2-3-18-16(20)17-7-12-4-13(8-17)6-14(5-12)9-17/h10,12-14H,2-9H2,1H3,(H,18,20). The summed E-state index contributed by atoms with van der Waals surface area (Å²) >= 11 is 1.74. The molecule has 4 bridgehead atoms. The molecule has 4 heteroatoms. The monoisotopic (exact) mass is 304 g/mol. The first-order chi connectivity index (χ1) is 10.1. The maximum Gasteiger partial charge on any atom is 0.226 e. The van der Waals surface area contributed by atoms with Crippen LogP contribution in [-0.2, 0) is 11.2 Å². The van der Waals surface area contributed by atoms with Crippen LogP contribution in [0.15, 0.2) is 6.20 Å². The number of aryl methyl sites for hydroxylation is 1. The molecule has 1 aromatic rings. The van der Waals surface area contributed by atoms with Crippen molar-refractivity contribution >= 4 is 17.2 Å². The SMILES string of the molecule is Cc1cnc(CCNC(=O)C23CC4CC(CC(C4)C2)C3)s1. The summed E-state index contributed by atoms with van der Waals surface area (Å²) in [5.41, 5.74) is -0.00640. The van der Waals surface area contributed by atoms with Gasteiger partial charge in [-0.05, 0) is 63.2 Å². The smallest absolute Gasteiger partial charge is 0.226 e. The van der Waals surface area contributed by atoms with Crippen molar-refractivity contribution in [3.8, 4) is 0 Å². The Bertz CT molecular complexity index is 515. The fourth-order valence-corrected chi connectivity index (χ4v) is 6.16. The van der Waals surface area contributed by atoms with Gasteiger partial charge in [-0.2, -0.15) is 0 Å². The van der Waals surface area contributed by atoms with Crippen molar-refractivity contribution in [3.63, 3.8) is 0 Å². The fourth-order valence-electron chi connectivity index (χ4n) is 5.38. The Morgan fingerprint density at radius 1 is 1.29 bits per heavy atom. The van der Waals surface area contributed by atoms with Crippen molar-refractivity contribution in [2.24, 2.45) is 23.2 Å². The van der Waals surface area contributed by atoms with E-state index in [1.807, 2.05) is 6.20 Å². The van der Waals surface area contributed by atoms with Gasteiger partial charge >= 0.3 is 0 Å². The molecular formula is C17H24N2OS. The summed E-state index contributed by atoms with van der Waals surface area (Å²) in [5.74, 6) is 2.85. The number of carbonyl (C=O) groups excluding carboxylic acids is 1. The number of thiazole rings is 1. The summed E-state index contributed by atoms with van der Waals surface area (Å²) < 4.78 is 0. The van der Waals surface area contributed by atoms with Crippen molar-refractivity contribution in [2.45, 2.75) is 51.9 Å². The molecule has 1 aromatic heterocycles. The van der Waals surface area contributed by atoms with Crippen molar-refractivity contribution in [1.29, 1.82) is 0 Å². The third-order valence-electron chi connectivity index (χ3n) is 5.81. The molecular weight excluding hydrogens is 280 g/mol. The molecule has 114 valence electrons. The molecule has 5 rings (SSSR count). The molecule has 3 nitrogen and oxygen atoms in total. The maximum atomic E-state index is 12.8. The van der Waals surface area contributed by atoms with Crippen LogP contribution in [0, 0.1) is 30.1 Å². The van der Waals surface area contributed by atoms with E-state index in [1.54, 1.807) is 11.3 Å². The van der Waals surface area contributed by atoms with Crippen molar-refractivity contribution in [1.82, 2.24) is 10.3 Å². The van der Waals surface area contributed by atoms with E-state index < -0.39 is 0 Å². The molecule has 4 aliphatic carbocycles. The van der Waals surface area contributed by atoms with Gasteiger partial charge in [0.2, 0.25) is 5.91 Å². The number of hydrogen-bond acceptors (Lipinski definition) is 3. The molecule has 1 heterocycles. The first-order valence-electron chi connectivity index (χ1n) is 8.32. The molecule has 0 aliphatic heterocycles. The Kier molecular flexibility index (Phi) is 3.32. The summed E-state index contributed by atoms with van der Waals surface area (Å²) in [4.78, 5) is 18.4. The van der Waals surface area contributed by atoms with Crippen molar-refractivity contribution in [2.75, 3.05) is 6.54 Å². The summed E-state index contributed by atoms with van der Waals surface area (Å²) in [6, 6.07) is 0.